The highest BCUT2D eigenvalue weighted by molar-refractivity contribution is 6.31. The van der Waals surface area contributed by atoms with Crippen molar-refractivity contribution in [2.24, 2.45) is 5.41 Å². The van der Waals surface area contributed by atoms with Gasteiger partial charge in [0.2, 0.25) is 5.91 Å². The van der Waals surface area contributed by atoms with Gasteiger partial charge in [-0.2, -0.15) is 10.2 Å². The summed E-state index contributed by atoms with van der Waals surface area (Å²) in [5.41, 5.74) is 3.35. The highest BCUT2D eigenvalue weighted by atomic mass is 35.5. The SMILES string of the molecule is Cc1cnc(-c2cccc(NC(=O)C3(C)CC3)c2F)cc1-n1c(C)cc([C@@H]2CC2c2cc(Cl)cnn2)c(Cl)c1=O. The lowest BCUT2D eigenvalue weighted by atomic mass is 10.0. The first-order valence-electron chi connectivity index (χ1n) is 13.0. The first kappa shape index (κ1) is 26.6. The molecule has 1 aromatic carbocycles. The predicted octanol–water partition coefficient (Wildman–Crippen LogP) is 6.76. The van der Waals surface area contributed by atoms with Crippen LogP contribution >= 0.6 is 23.2 Å². The number of halogens is 3. The molecule has 0 aliphatic heterocycles. The maximum atomic E-state index is 15.6. The molecule has 3 aromatic heterocycles. The van der Waals surface area contributed by atoms with E-state index in [1.807, 2.05) is 26.8 Å². The van der Waals surface area contributed by atoms with Crippen LogP contribution in [0.2, 0.25) is 10.0 Å². The van der Waals surface area contributed by atoms with Gasteiger partial charge in [-0.05, 0) is 80.5 Å². The zero-order valence-electron chi connectivity index (χ0n) is 22.1. The van der Waals surface area contributed by atoms with E-state index in [0.717, 1.165) is 36.1 Å². The first-order valence-corrected chi connectivity index (χ1v) is 13.8. The van der Waals surface area contributed by atoms with Gasteiger partial charge in [-0.15, -0.1) is 0 Å². The molecule has 40 heavy (non-hydrogen) atoms. The normalized spacial score (nSPS) is 18.9. The summed E-state index contributed by atoms with van der Waals surface area (Å²) >= 11 is 12.8. The molecule has 2 saturated carbocycles. The van der Waals surface area contributed by atoms with Gasteiger partial charge < -0.3 is 5.32 Å². The van der Waals surface area contributed by atoms with E-state index in [9.17, 15) is 9.59 Å². The zero-order chi connectivity index (χ0) is 28.3. The van der Waals surface area contributed by atoms with E-state index < -0.39 is 11.2 Å². The number of nitrogens with one attached hydrogen (secondary N) is 1. The van der Waals surface area contributed by atoms with E-state index in [1.54, 1.807) is 30.5 Å². The second kappa shape index (κ2) is 9.78. The van der Waals surface area contributed by atoms with Crippen LogP contribution < -0.4 is 10.9 Å². The van der Waals surface area contributed by atoms with Gasteiger partial charge in [-0.25, -0.2) is 4.39 Å². The highest BCUT2D eigenvalue weighted by Crippen LogP contribution is 2.55. The molecule has 4 aromatic rings. The molecular formula is C30H26Cl2FN5O2. The number of amides is 1. The molecule has 2 aliphatic rings. The van der Waals surface area contributed by atoms with Gasteiger partial charge in [0.05, 0.1) is 34.0 Å². The molecule has 2 atom stereocenters. The fourth-order valence-corrected chi connectivity index (χ4v) is 5.56. The fourth-order valence-electron chi connectivity index (χ4n) is 5.12. The monoisotopic (exact) mass is 577 g/mol. The molecule has 2 aliphatic carbocycles. The Bertz CT molecular complexity index is 1750. The number of rotatable bonds is 6. The predicted molar refractivity (Wildman–Crippen MR) is 153 cm³/mol. The average molecular weight is 578 g/mol. The Morgan fingerprint density at radius 3 is 2.62 bits per heavy atom. The Balaban J connectivity index is 1.35. The van der Waals surface area contributed by atoms with Crippen molar-refractivity contribution in [3.63, 3.8) is 0 Å². The lowest BCUT2D eigenvalue weighted by Crippen LogP contribution is -2.23. The van der Waals surface area contributed by atoms with Crippen LogP contribution in [0, 0.1) is 25.1 Å². The molecule has 6 rings (SSSR count). The summed E-state index contributed by atoms with van der Waals surface area (Å²) in [6.45, 7) is 5.54. The average Bonchev–Trinajstić information content (AvgIpc) is 3.85. The molecule has 1 amide bonds. The van der Waals surface area contributed by atoms with E-state index in [2.05, 4.69) is 20.5 Å². The standard InChI is InChI=1S/C30H26Cl2FN5O2/c1-15-13-34-23(18-5-4-6-22(27(18)33)36-29(40)30(3)7-8-30)12-25(15)38-16(2)9-21(26(32)28(38)39)19-11-20(19)24-10-17(31)14-35-37-24/h4-6,9-10,12-14,19-20H,7-8,11H2,1-3H3,(H,36,40)/t19-,20?/m1/s1. The largest absolute Gasteiger partial charge is 0.323 e. The van der Waals surface area contributed by atoms with Crippen molar-refractivity contribution < 1.29 is 9.18 Å². The summed E-state index contributed by atoms with van der Waals surface area (Å²) in [5.74, 6) is -0.645. The summed E-state index contributed by atoms with van der Waals surface area (Å²) in [6, 6.07) is 10.2. The highest BCUT2D eigenvalue weighted by Gasteiger charge is 2.45. The second-order valence-corrected chi connectivity index (χ2v) is 11.8. The summed E-state index contributed by atoms with van der Waals surface area (Å²) in [4.78, 5) is 30.6. The Labute approximate surface area is 240 Å². The number of hydrogen-bond donors (Lipinski definition) is 1. The third-order valence-electron chi connectivity index (χ3n) is 7.96. The summed E-state index contributed by atoms with van der Waals surface area (Å²) < 4.78 is 17.1. The van der Waals surface area contributed by atoms with Crippen LogP contribution in [0.4, 0.5) is 10.1 Å². The van der Waals surface area contributed by atoms with E-state index >= 15 is 4.39 Å². The molecule has 2 fully saturated rings. The number of nitrogens with zero attached hydrogens (tertiary/aromatic N) is 4. The Kier molecular flexibility index (Phi) is 6.50. The third-order valence-corrected chi connectivity index (χ3v) is 8.54. The molecule has 0 radical (unpaired) electrons. The fraction of sp³-hybridized carbons (Fsp3) is 0.300. The van der Waals surface area contributed by atoms with Crippen LogP contribution in [0.15, 0.2) is 53.6 Å². The van der Waals surface area contributed by atoms with Crippen LogP contribution in [0.1, 0.15) is 60.5 Å². The smallest absolute Gasteiger partial charge is 0.274 e. The number of aromatic nitrogens is 4. The van der Waals surface area contributed by atoms with Crippen molar-refractivity contribution >= 4 is 34.8 Å². The van der Waals surface area contributed by atoms with Gasteiger partial charge in [-0.3, -0.25) is 19.1 Å². The van der Waals surface area contributed by atoms with E-state index in [0.29, 0.717) is 22.1 Å². The molecule has 0 spiro atoms. The lowest BCUT2D eigenvalue weighted by molar-refractivity contribution is -0.120. The van der Waals surface area contributed by atoms with Crippen molar-refractivity contribution in [3.8, 4) is 16.9 Å². The summed E-state index contributed by atoms with van der Waals surface area (Å²) in [5, 5.41) is 11.5. The number of carbonyl (C=O) groups excluding carboxylic acids is 1. The minimum atomic E-state index is -0.580. The second-order valence-electron chi connectivity index (χ2n) is 11.0. The minimum absolute atomic E-state index is 0.0420. The number of aryl methyl sites for hydroxylation is 2. The van der Waals surface area contributed by atoms with Crippen molar-refractivity contribution in [1.82, 2.24) is 19.7 Å². The summed E-state index contributed by atoms with van der Waals surface area (Å²) in [6.07, 6.45) is 5.45. The lowest BCUT2D eigenvalue weighted by Gasteiger charge is -2.17. The van der Waals surface area contributed by atoms with Crippen molar-refractivity contribution in [2.45, 2.75) is 51.9 Å². The summed E-state index contributed by atoms with van der Waals surface area (Å²) in [7, 11) is 0. The quantitative estimate of drug-likeness (QED) is 0.273. The number of anilines is 1. The van der Waals surface area contributed by atoms with Crippen LogP contribution in [-0.2, 0) is 4.79 Å². The van der Waals surface area contributed by atoms with Crippen LogP contribution in [-0.4, -0.2) is 25.7 Å². The maximum absolute atomic E-state index is 15.6. The molecule has 1 N–H and O–H groups in total. The molecule has 7 nitrogen and oxygen atoms in total. The topological polar surface area (TPSA) is 89.8 Å². The van der Waals surface area contributed by atoms with E-state index in [4.69, 9.17) is 23.2 Å². The number of carbonyl (C=O) groups is 1. The van der Waals surface area contributed by atoms with Gasteiger partial charge in [0.25, 0.3) is 5.56 Å². The van der Waals surface area contributed by atoms with Crippen molar-refractivity contribution in [1.29, 1.82) is 0 Å². The maximum Gasteiger partial charge on any atom is 0.274 e. The third kappa shape index (κ3) is 4.69. The van der Waals surface area contributed by atoms with Crippen LogP contribution in [0.25, 0.3) is 16.9 Å². The van der Waals surface area contributed by atoms with Crippen LogP contribution in [0.3, 0.4) is 0 Å². The molecule has 10 heteroatoms. The van der Waals surface area contributed by atoms with E-state index in [1.165, 1.54) is 16.8 Å². The van der Waals surface area contributed by atoms with Gasteiger partial charge in [0.1, 0.15) is 5.02 Å². The van der Waals surface area contributed by atoms with Gasteiger partial charge in [-0.1, -0.05) is 36.2 Å². The van der Waals surface area contributed by atoms with Crippen molar-refractivity contribution in [2.75, 3.05) is 5.32 Å². The van der Waals surface area contributed by atoms with Gasteiger partial charge in [0, 0.05) is 28.8 Å². The zero-order valence-corrected chi connectivity index (χ0v) is 23.6. The molecule has 3 heterocycles. The van der Waals surface area contributed by atoms with Crippen molar-refractivity contribution in [3.05, 3.63) is 97.5 Å². The Hall–Kier alpha value is -3.62. The first-order chi connectivity index (χ1) is 19.1. The Morgan fingerprint density at radius 1 is 1.12 bits per heavy atom. The number of benzene rings is 1. The van der Waals surface area contributed by atoms with Crippen LogP contribution in [0.5, 0.6) is 0 Å². The van der Waals surface area contributed by atoms with Gasteiger partial charge >= 0.3 is 0 Å². The molecule has 0 saturated heterocycles. The molecule has 1 unspecified atom stereocenters. The molecule has 0 bridgehead atoms. The van der Waals surface area contributed by atoms with Gasteiger partial charge in [0.15, 0.2) is 5.82 Å². The molecular weight excluding hydrogens is 552 g/mol. The van der Waals surface area contributed by atoms with E-state index in [-0.39, 0.29) is 39.6 Å². The number of hydrogen-bond acceptors (Lipinski definition) is 5. The minimum Gasteiger partial charge on any atom is -0.323 e. The Morgan fingerprint density at radius 2 is 1.90 bits per heavy atom. The molecule has 204 valence electrons. The number of pyridine rings is 2.